The molecule has 0 saturated carbocycles. The van der Waals surface area contributed by atoms with Gasteiger partial charge in [0.25, 0.3) is 5.79 Å². The van der Waals surface area contributed by atoms with Gasteiger partial charge in [0.05, 0.1) is 36.4 Å². The van der Waals surface area contributed by atoms with Crippen LogP contribution in [0.4, 0.5) is 0 Å². The molecule has 1 unspecified atom stereocenters. The summed E-state index contributed by atoms with van der Waals surface area (Å²) in [4.78, 5) is 35.8. The maximum Gasteiger partial charge on any atom is 0.364 e. The molecule has 2 fully saturated rings. The van der Waals surface area contributed by atoms with Gasteiger partial charge >= 0.3 is 5.97 Å². The smallest absolute Gasteiger partial charge is 0.364 e. The van der Waals surface area contributed by atoms with Crippen LogP contribution in [0.25, 0.3) is 0 Å². The maximum atomic E-state index is 12.3. The summed E-state index contributed by atoms with van der Waals surface area (Å²) in [6, 6.07) is -3.88. The normalized spacial score (nSPS) is 41.0. The molecule has 0 radical (unpaired) electrons. The number of carboxylic acid groups (broad SMARTS) is 1. The Kier molecular flexibility index (Phi) is 8.75. The quantitative estimate of drug-likeness (QED) is 0.175. The minimum absolute atomic E-state index is 0.581. The van der Waals surface area contributed by atoms with Crippen molar-refractivity contribution in [3.8, 4) is 0 Å². The van der Waals surface area contributed by atoms with Crippen LogP contribution < -0.4 is 16.4 Å². The van der Waals surface area contributed by atoms with Gasteiger partial charge in [0.2, 0.25) is 11.8 Å². The van der Waals surface area contributed by atoms with E-state index < -0.39 is 91.0 Å². The van der Waals surface area contributed by atoms with Crippen LogP contribution in [-0.2, 0) is 28.6 Å². The van der Waals surface area contributed by atoms with Crippen molar-refractivity contribution in [2.75, 3.05) is 0 Å². The van der Waals surface area contributed by atoms with Crippen LogP contribution in [0.1, 0.15) is 34.1 Å². The average Bonchev–Trinajstić information content (AvgIpc) is 2.69. The summed E-state index contributed by atoms with van der Waals surface area (Å²) in [6.07, 6.45) is -10.6. The fourth-order valence-electron chi connectivity index (χ4n) is 4.06. The van der Waals surface area contributed by atoms with E-state index in [1.807, 2.05) is 0 Å². The predicted molar refractivity (Wildman–Crippen MR) is 108 cm³/mol. The predicted octanol–water partition coefficient (Wildman–Crippen LogP) is -3.88. The highest BCUT2D eigenvalue weighted by Crippen LogP contribution is 2.36. The zero-order valence-corrected chi connectivity index (χ0v) is 18.7. The number of carbonyl (C=O) groups is 3. The molecule has 2 saturated heterocycles. The monoisotopic (exact) mass is 479 g/mol. The minimum Gasteiger partial charge on any atom is -0.477 e. The van der Waals surface area contributed by atoms with Crippen molar-refractivity contribution < 1.29 is 54.1 Å². The Morgan fingerprint density at radius 2 is 1.79 bits per heavy atom. The van der Waals surface area contributed by atoms with Crippen LogP contribution in [0.5, 0.6) is 0 Å². The Morgan fingerprint density at radius 1 is 1.18 bits per heavy atom. The van der Waals surface area contributed by atoms with Crippen molar-refractivity contribution in [3.63, 3.8) is 0 Å². The molecular formula is C19H33N3O11. The van der Waals surface area contributed by atoms with Gasteiger partial charge in [-0.25, -0.2) is 4.79 Å². The molecule has 2 rings (SSSR count). The Balaban J connectivity index is 2.49. The van der Waals surface area contributed by atoms with Gasteiger partial charge in [0.1, 0.15) is 18.3 Å². The molecular weight excluding hydrogens is 446 g/mol. The van der Waals surface area contributed by atoms with E-state index in [0.29, 0.717) is 0 Å². The second-order valence-electron chi connectivity index (χ2n) is 8.49. The summed E-state index contributed by atoms with van der Waals surface area (Å²) in [5, 5.41) is 56.4. The van der Waals surface area contributed by atoms with E-state index in [2.05, 4.69) is 10.6 Å². The Hall–Kier alpha value is -1.91. The summed E-state index contributed by atoms with van der Waals surface area (Å²) in [6.45, 7) is 5.03. The molecule has 0 aromatic heterocycles. The molecule has 14 nitrogen and oxygen atoms in total. The molecule has 190 valence electrons. The third kappa shape index (κ3) is 5.96. The topological polar surface area (TPSA) is 230 Å². The minimum atomic E-state index is -2.62. The molecule has 0 aromatic rings. The van der Waals surface area contributed by atoms with Gasteiger partial charge in [0.15, 0.2) is 6.29 Å². The molecule has 2 amide bonds. The second-order valence-corrected chi connectivity index (χ2v) is 8.49. The van der Waals surface area contributed by atoms with E-state index in [1.54, 1.807) is 0 Å². The van der Waals surface area contributed by atoms with Gasteiger partial charge in [-0.2, -0.15) is 0 Å². The van der Waals surface area contributed by atoms with Crippen LogP contribution in [0.15, 0.2) is 0 Å². The third-order valence-corrected chi connectivity index (χ3v) is 5.72. The third-order valence-electron chi connectivity index (χ3n) is 5.72. The first kappa shape index (κ1) is 27.3. The summed E-state index contributed by atoms with van der Waals surface area (Å²) in [5.41, 5.74) is 5.86. The number of aliphatic hydroxyl groups is 4. The molecule has 14 heteroatoms. The number of nitrogens with one attached hydrogen (secondary N) is 2. The lowest BCUT2D eigenvalue weighted by atomic mass is 9.87. The largest absolute Gasteiger partial charge is 0.477 e. The number of rotatable bonds is 7. The fourth-order valence-corrected chi connectivity index (χ4v) is 4.06. The molecule has 2 aliphatic rings. The SMILES string of the molecule is CC(=O)N[C@@H]1[C@@H]([C@@H](NC(C)=O)[C@@H](C)O)O[C@](O[C@@H]2[C@H](O)[C@H](C)OC(O)[C@H]2N)(C(=O)O)C[C@H]1O. The summed E-state index contributed by atoms with van der Waals surface area (Å²) in [5.74, 6) is -5.49. The lowest BCUT2D eigenvalue weighted by Crippen LogP contribution is -2.72. The Morgan fingerprint density at radius 3 is 2.27 bits per heavy atom. The number of amides is 2. The maximum absolute atomic E-state index is 12.3. The van der Waals surface area contributed by atoms with E-state index in [4.69, 9.17) is 19.9 Å². The van der Waals surface area contributed by atoms with Crippen LogP contribution in [0.3, 0.4) is 0 Å². The molecule has 11 atom stereocenters. The molecule has 2 aliphatic heterocycles. The number of aliphatic carboxylic acids is 1. The van der Waals surface area contributed by atoms with Crippen LogP contribution >= 0.6 is 0 Å². The van der Waals surface area contributed by atoms with E-state index in [-0.39, 0.29) is 0 Å². The van der Waals surface area contributed by atoms with Crippen molar-refractivity contribution in [3.05, 3.63) is 0 Å². The molecule has 0 bridgehead atoms. The average molecular weight is 479 g/mol. The van der Waals surface area contributed by atoms with Gasteiger partial charge in [-0.15, -0.1) is 0 Å². The van der Waals surface area contributed by atoms with Gasteiger partial charge in [-0.05, 0) is 13.8 Å². The number of aliphatic hydroxyl groups excluding tert-OH is 4. The summed E-state index contributed by atoms with van der Waals surface area (Å²) in [7, 11) is 0. The lowest BCUT2D eigenvalue weighted by Gasteiger charge is -2.50. The number of carboxylic acids is 1. The lowest BCUT2D eigenvalue weighted by molar-refractivity contribution is -0.343. The highest BCUT2D eigenvalue weighted by Gasteiger charge is 2.58. The number of nitrogens with two attached hydrogens (primary N) is 1. The summed E-state index contributed by atoms with van der Waals surface area (Å²) >= 11 is 0. The van der Waals surface area contributed by atoms with Gasteiger partial charge < -0.3 is 56.1 Å². The standard InChI is InChI=1S/C19H33N3O11/c1-6(23)12(21-8(3)24)16-13(22-9(4)25)10(26)5-19(33-16,18(29)30)32-15-11(20)17(28)31-7(2)14(15)27/h6-7,10-17,23,26-28H,5,20H2,1-4H3,(H,21,24)(H,22,25)(H,29,30)/t6-,7+,10-,11+,12+,13+,14-,15+,16-,17?,19+/m1/s1. The van der Waals surface area contributed by atoms with Crippen LogP contribution in [0.2, 0.25) is 0 Å². The van der Waals surface area contributed by atoms with Crippen molar-refractivity contribution in [1.29, 1.82) is 0 Å². The number of hydrogen-bond acceptors (Lipinski definition) is 11. The van der Waals surface area contributed by atoms with Crippen molar-refractivity contribution >= 4 is 17.8 Å². The van der Waals surface area contributed by atoms with E-state index >= 15 is 0 Å². The van der Waals surface area contributed by atoms with Crippen LogP contribution in [0, 0.1) is 0 Å². The summed E-state index contributed by atoms with van der Waals surface area (Å²) < 4.78 is 16.5. The molecule has 0 aromatic carbocycles. The van der Waals surface area contributed by atoms with Crippen LogP contribution in [-0.4, -0.2) is 110 Å². The number of ether oxygens (including phenoxy) is 3. The fraction of sp³-hybridized carbons (Fsp3) is 0.842. The van der Waals surface area contributed by atoms with Gasteiger partial charge in [0, 0.05) is 20.3 Å². The van der Waals surface area contributed by atoms with E-state index in [0.717, 1.165) is 13.8 Å². The number of hydrogen-bond donors (Lipinski definition) is 8. The molecule has 9 N–H and O–H groups in total. The molecule has 0 aliphatic carbocycles. The zero-order chi connectivity index (χ0) is 25.2. The highest BCUT2D eigenvalue weighted by atomic mass is 16.7. The first-order valence-electron chi connectivity index (χ1n) is 10.5. The molecule has 2 heterocycles. The second kappa shape index (κ2) is 10.6. The first-order valence-corrected chi connectivity index (χ1v) is 10.5. The van der Waals surface area contributed by atoms with Crippen molar-refractivity contribution in [2.24, 2.45) is 5.73 Å². The Bertz CT molecular complexity index is 706. The first-order chi connectivity index (χ1) is 15.2. The van der Waals surface area contributed by atoms with Crippen molar-refractivity contribution in [1.82, 2.24) is 10.6 Å². The Labute approximate surface area is 190 Å². The van der Waals surface area contributed by atoms with E-state index in [1.165, 1.54) is 13.8 Å². The number of carbonyl (C=O) groups excluding carboxylic acids is 2. The van der Waals surface area contributed by atoms with Gasteiger partial charge in [-0.1, -0.05) is 0 Å². The molecule has 33 heavy (non-hydrogen) atoms. The molecule has 0 spiro atoms. The van der Waals surface area contributed by atoms with E-state index in [9.17, 15) is 39.9 Å². The highest BCUT2D eigenvalue weighted by molar-refractivity contribution is 5.77. The zero-order valence-electron chi connectivity index (χ0n) is 18.7. The van der Waals surface area contributed by atoms with Gasteiger partial charge in [-0.3, -0.25) is 9.59 Å². The van der Waals surface area contributed by atoms with Crippen molar-refractivity contribution in [2.45, 2.75) is 101 Å².